The maximum absolute atomic E-state index is 12.9. The Morgan fingerprint density at radius 1 is 1.21 bits per heavy atom. The fraction of sp³-hybridized carbons (Fsp3) is 0.318. The van der Waals surface area contributed by atoms with Gasteiger partial charge >= 0.3 is 0 Å². The number of hydrogen-bond acceptors (Lipinski definition) is 5. The number of rotatable bonds is 4. The Hall–Kier alpha value is -3.15. The van der Waals surface area contributed by atoms with Crippen LogP contribution in [0, 0.1) is 6.92 Å². The molecule has 144 valence electrons. The topological polar surface area (TPSA) is 68.5 Å². The molecule has 1 fully saturated rings. The van der Waals surface area contributed by atoms with E-state index in [0.717, 1.165) is 41.8 Å². The highest BCUT2D eigenvalue weighted by atomic mass is 16.5. The SMILES string of the molecule is COc1cccc(-c2noc([C@H]3CCCN(C(=O)c4ccccc4C)C3)n2)c1. The van der Waals surface area contributed by atoms with E-state index in [9.17, 15) is 4.79 Å². The molecule has 2 aromatic carbocycles. The molecule has 28 heavy (non-hydrogen) atoms. The van der Waals surface area contributed by atoms with Crippen LogP contribution in [0.1, 0.15) is 40.6 Å². The molecule has 6 nitrogen and oxygen atoms in total. The molecule has 1 aliphatic heterocycles. The maximum Gasteiger partial charge on any atom is 0.254 e. The van der Waals surface area contributed by atoms with Gasteiger partial charge in [0.05, 0.1) is 13.0 Å². The second-order valence-electron chi connectivity index (χ2n) is 7.09. The van der Waals surface area contributed by atoms with Gasteiger partial charge in [-0.2, -0.15) is 4.98 Å². The molecule has 3 aromatic rings. The number of aromatic nitrogens is 2. The van der Waals surface area contributed by atoms with Crippen LogP contribution < -0.4 is 4.74 Å². The number of carbonyl (C=O) groups excluding carboxylic acids is 1. The zero-order valence-corrected chi connectivity index (χ0v) is 16.1. The highest BCUT2D eigenvalue weighted by Crippen LogP contribution is 2.29. The van der Waals surface area contributed by atoms with Crippen LogP contribution in [-0.2, 0) is 0 Å². The molecular formula is C22H23N3O3. The number of carbonyl (C=O) groups is 1. The van der Waals surface area contributed by atoms with Crippen LogP contribution in [0.2, 0.25) is 0 Å². The summed E-state index contributed by atoms with van der Waals surface area (Å²) in [4.78, 5) is 19.4. The van der Waals surface area contributed by atoms with Crippen molar-refractivity contribution in [3.8, 4) is 17.1 Å². The minimum absolute atomic E-state index is 0.0496. The van der Waals surface area contributed by atoms with Crippen LogP contribution in [0.25, 0.3) is 11.4 Å². The molecule has 4 rings (SSSR count). The third-order valence-corrected chi connectivity index (χ3v) is 5.20. The van der Waals surface area contributed by atoms with Gasteiger partial charge in [-0.15, -0.1) is 0 Å². The van der Waals surface area contributed by atoms with Gasteiger partial charge in [-0.3, -0.25) is 4.79 Å². The number of ether oxygens (including phenoxy) is 1. The maximum atomic E-state index is 12.9. The largest absolute Gasteiger partial charge is 0.497 e. The monoisotopic (exact) mass is 377 g/mol. The van der Waals surface area contributed by atoms with Crippen molar-refractivity contribution in [1.82, 2.24) is 15.0 Å². The van der Waals surface area contributed by atoms with Gasteiger partial charge in [0.1, 0.15) is 5.75 Å². The highest BCUT2D eigenvalue weighted by Gasteiger charge is 2.29. The zero-order chi connectivity index (χ0) is 19.5. The number of amides is 1. The van der Waals surface area contributed by atoms with Gasteiger partial charge < -0.3 is 14.2 Å². The van der Waals surface area contributed by atoms with Crippen molar-refractivity contribution in [1.29, 1.82) is 0 Å². The third kappa shape index (κ3) is 3.63. The summed E-state index contributed by atoms with van der Waals surface area (Å²) in [5, 5.41) is 4.13. The summed E-state index contributed by atoms with van der Waals surface area (Å²) in [6.07, 6.45) is 1.84. The van der Waals surface area contributed by atoms with Crippen LogP contribution in [0.5, 0.6) is 5.75 Å². The van der Waals surface area contributed by atoms with Crippen molar-refractivity contribution in [2.24, 2.45) is 0 Å². The van der Waals surface area contributed by atoms with Crippen LogP contribution in [0.15, 0.2) is 53.1 Å². The number of methoxy groups -OCH3 is 1. The van der Waals surface area contributed by atoms with E-state index < -0.39 is 0 Å². The number of benzene rings is 2. The molecular weight excluding hydrogens is 354 g/mol. The van der Waals surface area contributed by atoms with Crippen molar-refractivity contribution < 1.29 is 14.1 Å². The van der Waals surface area contributed by atoms with Gasteiger partial charge in [-0.1, -0.05) is 35.5 Å². The molecule has 2 heterocycles. The van der Waals surface area contributed by atoms with Crippen LogP contribution in [0.3, 0.4) is 0 Å². The quantitative estimate of drug-likeness (QED) is 0.685. The molecule has 1 atom stereocenters. The molecule has 1 amide bonds. The van der Waals surface area contributed by atoms with E-state index in [2.05, 4.69) is 10.1 Å². The Morgan fingerprint density at radius 2 is 2.07 bits per heavy atom. The molecule has 0 spiro atoms. The molecule has 0 aliphatic carbocycles. The number of aryl methyl sites for hydroxylation is 1. The first-order chi connectivity index (χ1) is 13.7. The van der Waals surface area contributed by atoms with E-state index >= 15 is 0 Å². The minimum atomic E-state index is 0.0496. The molecule has 0 N–H and O–H groups in total. The summed E-state index contributed by atoms with van der Waals surface area (Å²) in [5.74, 6) is 1.98. The number of hydrogen-bond donors (Lipinski definition) is 0. The van der Waals surface area contributed by atoms with Gasteiger partial charge in [0.25, 0.3) is 5.91 Å². The standard InChI is InChI=1S/C22H23N3O3/c1-15-7-3-4-11-19(15)22(26)25-12-6-9-17(14-25)21-23-20(24-28-21)16-8-5-10-18(13-16)27-2/h3-5,7-8,10-11,13,17H,6,9,12,14H2,1-2H3/t17-/m0/s1. The van der Waals surface area contributed by atoms with Gasteiger partial charge in [0, 0.05) is 24.2 Å². The van der Waals surface area contributed by atoms with Crippen molar-refractivity contribution in [3.63, 3.8) is 0 Å². The fourth-order valence-corrected chi connectivity index (χ4v) is 3.63. The first-order valence-corrected chi connectivity index (χ1v) is 9.48. The van der Waals surface area contributed by atoms with Crippen LogP contribution in [0.4, 0.5) is 0 Å². The molecule has 0 radical (unpaired) electrons. The molecule has 6 heteroatoms. The predicted molar refractivity (Wildman–Crippen MR) is 105 cm³/mol. The Balaban J connectivity index is 1.51. The van der Waals surface area contributed by atoms with Gasteiger partial charge in [-0.05, 0) is 43.5 Å². The van der Waals surface area contributed by atoms with E-state index in [-0.39, 0.29) is 11.8 Å². The second kappa shape index (κ2) is 7.84. The molecule has 0 bridgehead atoms. The summed E-state index contributed by atoms with van der Waals surface area (Å²) in [6.45, 7) is 3.31. The third-order valence-electron chi connectivity index (χ3n) is 5.20. The summed E-state index contributed by atoms with van der Waals surface area (Å²) < 4.78 is 10.8. The lowest BCUT2D eigenvalue weighted by molar-refractivity contribution is 0.0695. The lowest BCUT2D eigenvalue weighted by Gasteiger charge is -2.31. The van der Waals surface area contributed by atoms with Crippen molar-refractivity contribution in [3.05, 3.63) is 65.5 Å². The van der Waals surface area contributed by atoms with Crippen molar-refractivity contribution in [2.45, 2.75) is 25.7 Å². The van der Waals surface area contributed by atoms with Gasteiger partial charge in [-0.25, -0.2) is 0 Å². The summed E-state index contributed by atoms with van der Waals surface area (Å²) in [5.41, 5.74) is 2.59. The normalized spacial score (nSPS) is 16.8. The fourth-order valence-electron chi connectivity index (χ4n) is 3.63. The lowest BCUT2D eigenvalue weighted by Crippen LogP contribution is -2.39. The van der Waals surface area contributed by atoms with E-state index in [0.29, 0.717) is 18.3 Å². The van der Waals surface area contributed by atoms with Gasteiger partial charge in [0.15, 0.2) is 0 Å². The van der Waals surface area contributed by atoms with Crippen molar-refractivity contribution >= 4 is 5.91 Å². The molecule has 0 unspecified atom stereocenters. The average Bonchev–Trinajstić information content (AvgIpc) is 3.24. The first-order valence-electron chi connectivity index (χ1n) is 9.48. The van der Waals surface area contributed by atoms with Crippen molar-refractivity contribution in [2.75, 3.05) is 20.2 Å². The average molecular weight is 377 g/mol. The Labute approximate surface area is 164 Å². The molecule has 1 aliphatic rings. The molecule has 1 aromatic heterocycles. The van der Waals surface area contributed by atoms with Crippen LogP contribution >= 0.6 is 0 Å². The van der Waals surface area contributed by atoms with E-state index in [1.165, 1.54) is 0 Å². The molecule has 0 saturated carbocycles. The Kier molecular flexibility index (Phi) is 5.10. The second-order valence-corrected chi connectivity index (χ2v) is 7.09. The summed E-state index contributed by atoms with van der Waals surface area (Å²) >= 11 is 0. The smallest absolute Gasteiger partial charge is 0.254 e. The predicted octanol–water partition coefficient (Wildman–Crippen LogP) is 4.07. The summed E-state index contributed by atoms with van der Waals surface area (Å²) in [7, 11) is 1.63. The van der Waals surface area contributed by atoms with E-state index in [1.54, 1.807) is 7.11 Å². The zero-order valence-electron chi connectivity index (χ0n) is 16.1. The Bertz CT molecular complexity index is 982. The molecule has 1 saturated heterocycles. The van der Waals surface area contributed by atoms with Gasteiger partial charge in [0.2, 0.25) is 11.7 Å². The minimum Gasteiger partial charge on any atom is -0.497 e. The lowest BCUT2D eigenvalue weighted by atomic mass is 9.96. The highest BCUT2D eigenvalue weighted by molar-refractivity contribution is 5.95. The number of piperidine rings is 1. The van der Waals surface area contributed by atoms with Crippen LogP contribution in [-0.4, -0.2) is 41.1 Å². The summed E-state index contributed by atoms with van der Waals surface area (Å²) in [6, 6.07) is 15.3. The van der Waals surface area contributed by atoms with E-state index in [4.69, 9.17) is 9.26 Å². The van der Waals surface area contributed by atoms with E-state index in [1.807, 2.05) is 60.4 Å². The first kappa shape index (κ1) is 18.2. The Morgan fingerprint density at radius 3 is 2.89 bits per heavy atom. The number of likely N-dealkylation sites (tertiary alicyclic amines) is 1. The number of nitrogens with zero attached hydrogens (tertiary/aromatic N) is 3.